The second-order valence-corrected chi connectivity index (χ2v) is 7.63. The number of rotatable bonds is 5. The molecule has 0 amide bonds. The molecule has 0 bridgehead atoms. The highest BCUT2D eigenvalue weighted by molar-refractivity contribution is 5.84. The second kappa shape index (κ2) is 5.94. The van der Waals surface area contributed by atoms with Crippen molar-refractivity contribution in [3.63, 3.8) is 0 Å². The van der Waals surface area contributed by atoms with Crippen molar-refractivity contribution < 1.29 is 0 Å². The molecule has 1 aliphatic carbocycles. The van der Waals surface area contributed by atoms with Gasteiger partial charge in [-0.3, -0.25) is 9.48 Å². The topological polar surface area (TPSA) is 68.5 Å². The third kappa shape index (κ3) is 2.87. The normalized spacial score (nSPS) is 15.3. The van der Waals surface area contributed by atoms with Gasteiger partial charge in [-0.2, -0.15) is 5.10 Å². The lowest BCUT2D eigenvalue weighted by Gasteiger charge is -2.18. The maximum atomic E-state index is 12.8. The SMILES string of the molecule is Cc1cccc2cc(-c3nccn3CC3(Cn4cccn4)CC3)c(=O)[nH]c12. The lowest BCUT2D eigenvalue weighted by atomic mass is 10.1. The summed E-state index contributed by atoms with van der Waals surface area (Å²) in [6, 6.07) is 9.94. The summed E-state index contributed by atoms with van der Waals surface area (Å²) in [6.45, 7) is 3.74. The number of nitrogens with one attached hydrogen (secondary N) is 1. The lowest BCUT2D eigenvalue weighted by molar-refractivity contribution is 0.346. The van der Waals surface area contributed by atoms with E-state index in [1.165, 1.54) is 0 Å². The molecule has 136 valence electrons. The Kier molecular flexibility index (Phi) is 3.53. The van der Waals surface area contributed by atoms with Gasteiger partial charge in [0.2, 0.25) is 0 Å². The van der Waals surface area contributed by atoms with Crippen molar-refractivity contribution in [2.75, 3.05) is 0 Å². The Hall–Kier alpha value is -3.15. The summed E-state index contributed by atoms with van der Waals surface area (Å²) in [6.07, 6.45) is 9.90. The number of imidazole rings is 1. The summed E-state index contributed by atoms with van der Waals surface area (Å²) in [5, 5.41) is 5.37. The van der Waals surface area contributed by atoms with Gasteiger partial charge in [-0.15, -0.1) is 0 Å². The minimum absolute atomic E-state index is 0.0961. The molecule has 0 spiro atoms. The molecule has 1 aromatic carbocycles. The highest BCUT2D eigenvalue weighted by atomic mass is 16.1. The molecule has 1 aliphatic rings. The number of para-hydroxylation sites is 1. The van der Waals surface area contributed by atoms with Crippen LogP contribution in [0.2, 0.25) is 0 Å². The molecule has 3 aromatic heterocycles. The van der Waals surface area contributed by atoms with Gasteiger partial charge in [0.15, 0.2) is 0 Å². The summed E-state index contributed by atoms with van der Waals surface area (Å²) in [7, 11) is 0. The monoisotopic (exact) mass is 359 g/mol. The number of H-pyrrole nitrogens is 1. The van der Waals surface area contributed by atoms with E-state index in [1.807, 2.05) is 60.5 Å². The summed E-state index contributed by atoms with van der Waals surface area (Å²) in [5.41, 5.74) is 2.67. The van der Waals surface area contributed by atoms with Crippen molar-refractivity contribution in [2.45, 2.75) is 32.9 Å². The third-order valence-corrected chi connectivity index (χ3v) is 5.56. The maximum absolute atomic E-state index is 12.8. The standard InChI is InChI=1S/C21H21N5O/c1-15-4-2-5-16-12-17(20(27)24-18(15)16)19-22-9-11-25(19)13-21(6-7-21)14-26-10-3-8-23-26/h2-5,8-12H,6-7,13-14H2,1H3,(H,24,27). The van der Waals surface area contributed by atoms with Crippen molar-refractivity contribution in [1.82, 2.24) is 24.3 Å². The van der Waals surface area contributed by atoms with E-state index in [9.17, 15) is 4.79 Å². The van der Waals surface area contributed by atoms with E-state index in [0.29, 0.717) is 5.56 Å². The van der Waals surface area contributed by atoms with Gasteiger partial charge in [-0.05, 0) is 42.8 Å². The molecule has 0 radical (unpaired) electrons. The maximum Gasteiger partial charge on any atom is 0.259 e. The summed E-state index contributed by atoms with van der Waals surface area (Å²) in [4.78, 5) is 20.3. The molecule has 1 saturated carbocycles. The van der Waals surface area contributed by atoms with Crippen LogP contribution < -0.4 is 5.56 Å². The predicted molar refractivity (Wildman–Crippen MR) is 104 cm³/mol. The van der Waals surface area contributed by atoms with E-state index in [0.717, 1.165) is 48.2 Å². The van der Waals surface area contributed by atoms with Crippen LogP contribution in [0.25, 0.3) is 22.3 Å². The van der Waals surface area contributed by atoms with Crippen LogP contribution in [-0.4, -0.2) is 24.3 Å². The molecule has 3 heterocycles. The third-order valence-electron chi connectivity index (χ3n) is 5.56. The first-order valence-corrected chi connectivity index (χ1v) is 9.25. The first kappa shape index (κ1) is 16.1. The minimum Gasteiger partial charge on any atom is -0.330 e. The van der Waals surface area contributed by atoms with Gasteiger partial charge in [0.1, 0.15) is 5.82 Å². The Morgan fingerprint density at radius 1 is 1.15 bits per heavy atom. The molecule has 0 aliphatic heterocycles. The van der Waals surface area contributed by atoms with Crippen molar-refractivity contribution in [2.24, 2.45) is 5.41 Å². The van der Waals surface area contributed by atoms with Crippen LogP contribution in [0.15, 0.2) is 59.9 Å². The first-order chi connectivity index (χ1) is 13.1. The van der Waals surface area contributed by atoms with Gasteiger partial charge in [-0.25, -0.2) is 4.98 Å². The number of benzene rings is 1. The molecular weight excluding hydrogens is 338 g/mol. The van der Waals surface area contributed by atoms with E-state index in [2.05, 4.69) is 19.6 Å². The van der Waals surface area contributed by atoms with Gasteiger partial charge in [0, 0.05) is 43.3 Å². The number of fused-ring (bicyclic) bond motifs is 1. The number of nitrogens with zero attached hydrogens (tertiary/aromatic N) is 4. The zero-order valence-electron chi connectivity index (χ0n) is 15.2. The molecular formula is C21H21N5O. The molecule has 4 aromatic rings. The van der Waals surface area contributed by atoms with Gasteiger partial charge >= 0.3 is 0 Å². The number of hydrogen-bond acceptors (Lipinski definition) is 3. The van der Waals surface area contributed by atoms with E-state index in [-0.39, 0.29) is 11.0 Å². The van der Waals surface area contributed by atoms with E-state index < -0.39 is 0 Å². The molecule has 1 fully saturated rings. The molecule has 27 heavy (non-hydrogen) atoms. The second-order valence-electron chi connectivity index (χ2n) is 7.63. The Morgan fingerprint density at radius 3 is 2.81 bits per heavy atom. The largest absolute Gasteiger partial charge is 0.330 e. The first-order valence-electron chi connectivity index (χ1n) is 9.25. The van der Waals surface area contributed by atoms with Gasteiger partial charge in [-0.1, -0.05) is 18.2 Å². The summed E-state index contributed by atoms with van der Waals surface area (Å²) in [5.74, 6) is 0.728. The number of aromatic nitrogens is 5. The molecule has 0 unspecified atom stereocenters. The van der Waals surface area contributed by atoms with Crippen LogP contribution in [0, 0.1) is 12.3 Å². The highest BCUT2D eigenvalue weighted by Gasteiger charge is 2.43. The van der Waals surface area contributed by atoms with Crippen LogP contribution >= 0.6 is 0 Å². The zero-order valence-corrected chi connectivity index (χ0v) is 15.2. The quantitative estimate of drug-likeness (QED) is 0.594. The van der Waals surface area contributed by atoms with Crippen LogP contribution in [0.5, 0.6) is 0 Å². The van der Waals surface area contributed by atoms with Crippen LogP contribution in [0.1, 0.15) is 18.4 Å². The smallest absolute Gasteiger partial charge is 0.259 e. The van der Waals surface area contributed by atoms with Gasteiger partial charge in [0.05, 0.1) is 11.1 Å². The Bertz CT molecular complexity index is 1160. The van der Waals surface area contributed by atoms with E-state index in [4.69, 9.17) is 0 Å². The van der Waals surface area contributed by atoms with Crippen LogP contribution in [0.3, 0.4) is 0 Å². The van der Waals surface area contributed by atoms with Crippen molar-refractivity contribution in [3.05, 3.63) is 71.0 Å². The molecule has 0 atom stereocenters. The average molecular weight is 359 g/mol. The molecule has 6 heteroatoms. The number of hydrogen-bond donors (Lipinski definition) is 1. The minimum atomic E-state index is -0.0961. The molecule has 1 N–H and O–H groups in total. The molecule has 0 saturated heterocycles. The Labute approximate surface area is 156 Å². The molecule has 5 rings (SSSR count). The predicted octanol–water partition coefficient (Wildman–Crippen LogP) is 3.38. The fourth-order valence-corrected chi connectivity index (χ4v) is 3.87. The summed E-state index contributed by atoms with van der Waals surface area (Å²) < 4.78 is 4.11. The van der Waals surface area contributed by atoms with Gasteiger partial charge < -0.3 is 9.55 Å². The van der Waals surface area contributed by atoms with E-state index >= 15 is 0 Å². The fourth-order valence-electron chi connectivity index (χ4n) is 3.87. The molecule has 6 nitrogen and oxygen atoms in total. The van der Waals surface area contributed by atoms with Gasteiger partial charge in [0.25, 0.3) is 5.56 Å². The van der Waals surface area contributed by atoms with Crippen molar-refractivity contribution in [3.8, 4) is 11.4 Å². The number of pyridine rings is 1. The van der Waals surface area contributed by atoms with Crippen molar-refractivity contribution in [1.29, 1.82) is 0 Å². The van der Waals surface area contributed by atoms with Crippen molar-refractivity contribution >= 4 is 10.9 Å². The van der Waals surface area contributed by atoms with E-state index in [1.54, 1.807) is 6.20 Å². The van der Waals surface area contributed by atoms with Crippen LogP contribution in [0.4, 0.5) is 0 Å². The van der Waals surface area contributed by atoms with Crippen LogP contribution in [-0.2, 0) is 13.1 Å². The zero-order chi connectivity index (χ0) is 18.4. The average Bonchev–Trinajstić information content (AvgIpc) is 3.03. The number of aromatic amines is 1. The Balaban J connectivity index is 1.51. The number of aryl methyl sites for hydroxylation is 1. The summed E-state index contributed by atoms with van der Waals surface area (Å²) >= 11 is 0. The highest BCUT2D eigenvalue weighted by Crippen LogP contribution is 2.48. The lowest BCUT2D eigenvalue weighted by Crippen LogP contribution is -2.20. The fraction of sp³-hybridized carbons (Fsp3) is 0.286. The Morgan fingerprint density at radius 2 is 2.04 bits per heavy atom.